The van der Waals surface area contributed by atoms with Gasteiger partial charge in [-0.1, -0.05) is 44.2 Å². The Morgan fingerprint density at radius 1 is 1.04 bits per heavy atom. The normalized spacial score (nSPS) is 12.9. The van der Waals surface area contributed by atoms with E-state index in [1.807, 2.05) is 44.2 Å². The van der Waals surface area contributed by atoms with Crippen LogP contribution >= 0.6 is 31.1 Å². The lowest BCUT2D eigenvalue weighted by molar-refractivity contribution is 0.192. The number of aliphatic hydroxyl groups is 1. The third-order valence-electron chi connectivity index (χ3n) is 3.03. The highest BCUT2D eigenvalue weighted by Gasteiger charge is 2.38. The van der Waals surface area contributed by atoms with Crippen LogP contribution in [0.25, 0.3) is 0 Å². The first-order chi connectivity index (χ1) is 11.5. The van der Waals surface area contributed by atoms with Crippen LogP contribution in [0.3, 0.4) is 0 Å². The van der Waals surface area contributed by atoms with E-state index in [0.29, 0.717) is 10.9 Å². The summed E-state index contributed by atoms with van der Waals surface area (Å²) in [6, 6.07) is 9.21. The van der Waals surface area contributed by atoms with Gasteiger partial charge >= 0.3 is 7.60 Å². The van der Waals surface area contributed by atoms with Gasteiger partial charge in [0.1, 0.15) is 6.10 Å². The molecule has 1 N–H and O–H groups in total. The third-order valence-corrected chi connectivity index (χ3v) is 7.83. The van der Waals surface area contributed by atoms with Crippen LogP contribution in [-0.2, 0) is 13.6 Å². The van der Waals surface area contributed by atoms with Crippen LogP contribution in [0.15, 0.2) is 39.9 Å². The van der Waals surface area contributed by atoms with Gasteiger partial charge in [0.15, 0.2) is 0 Å². The highest BCUT2D eigenvalue weighted by atomic mass is 32.2. The summed E-state index contributed by atoms with van der Waals surface area (Å²) in [5, 5.41) is 11.3. The van der Waals surface area contributed by atoms with E-state index in [-0.39, 0.29) is 13.2 Å². The summed E-state index contributed by atoms with van der Waals surface area (Å²) in [6.45, 7) is 8.11. The van der Waals surface area contributed by atoms with Gasteiger partial charge in [-0.15, -0.1) is 23.5 Å². The van der Waals surface area contributed by atoms with Gasteiger partial charge in [-0.3, -0.25) is 4.57 Å². The molecule has 0 aliphatic carbocycles. The molecule has 0 bridgehead atoms. The molecule has 7 heteroatoms. The lowest BCUT2D eigenvalue weighted by Gasteiger charge is -2.26. The zero-order valence-corrected chi connectivity index (χ0v) is 17.3. The first-order valence-corrected chi connectivity index (χ1v) is 11.7. The molecule has 0 saturated heterocycles. The molecule has 0 heterocycles. The lowest BCUT2D eigenvalue weighted by Crippen LogP contribution is -2.09. The molecule has 1 unspecified atom stereocenters. The van der Waals surface area contributed by atoms with Crippen molar-refractivity contribution in [2.75, 3.05) is 24.7 Å². The second kappa shape index (κ2) is 11.4. The topological polar surface area (TPSA) is 55.8 Å². The predicted octanol–water partition coefficient (Wildman–Crippen LogP) is 5.66. The summed E-state index contributed by atoms with van der Waals surface area (Å²) < 4.78 is 25.3. The quantitative estimate of drug-likeness (QED) is 0.492. The highest BCUT2D eigenvalue weighted by molar-refractivity contribution is 8.22. The van der Waals surface area contributed by atoms with Crippen molar-refractivity contribution in [2.45, 2.75) is 33.8 Å². The van der Waals surface area contributed by atoms with E-state index >= 15 is 0 Å². The Kier molecular flexibility index (Phi) is 10.4. The number of rotatable bonds is 11. The summed E-state index contributed by atoms with van der Waals surface area (Å²) in [7, 11) is -3.58. The fraction of sp³-hybridized carbons (Fsp3) is 0.529. The summed E-state index contributed by atoms with van der Waals surface area (Å²) >= 11 is 3.12. The van der Waals surface area contributed by atoms with Crippen molar-refractivity contribution in [3.63, 3.8) is 0 Å². The molecule has 0 saturated carbocycles. The third kappa shape index (κ3) is 5.94. The molecule has 24 heavy (non-hydrogen) atoms. The van der Waals surface area contributed by atoms with Gasteiger partial charge in [0.25, 0.3) is 0 Å². The smallest absolute Gasteiger partial charge is 0.361 e. The van der Waals surface area contributed by atoms with Crippen molar-refractivity contribution in [2.24, 2.45) is 0 Å². The molecule has 1 aromatic rings. The van der Waals surface area contributed by atoms with E-state index < -0.39 is 13.7 Å². The molecule has 1 rings (SSSR count). The fourth-order valence-electron chi connectivity index (χ4n) is 2.13. The van der Waals surface area contributed by atoms with Gasteiger partial charge in [-0.2, -0.15) is 0 Å². The lowest BCUT2D eigenvalue weighted by atomic mass is 10.1. The van der Waals surface area contributed by atoms with Crippen molar-refractivity contribution in [1.29, 1.82) is 0 Å². The van der Waals surface area contributed by atoms with Crippen molar-refractivity contribution in [3.8, 4) is 0 Å². The Bertz CT molecular complexity index is 545. The molecule has 0 aromatic heterocycles. The Balaban J connectivity index is 3.49. The highest BCUT2D eigenvalue weighted by Crippen LogP contribution is 2.63. The van der Waals surface area contributed by atoms with Gasteiger partial charge in [-0.05, 0) is 30.9 Å². The monoisotopic (exact) mass is 390 g/mol. The largest absolute Gasteiger partial charge is 0.383 e. The average Bonchev–Trinajstić information content (AvgIpc) is 2.56. The van der Waals surface area contributed by atoms with Gasteiger partial charge in [0.05, 0.1) is 22.8 Å². The van der Waals surface area contributed by atoms with Crippen molar-refractivity contribution < 1.29 is 18.7 Å². The molecule has 0 fully saturated rings. The Labute approximate surface area is 153 Å². The van der Waals surface area contributed by atoms with Crippen LogP contribution < -0.4 is 0 Å². The summed E-state index contributed by atoms with van der Waals surface area (Å²) in [5.74, 6) is 1.62. The number of thioether (sulfide) groups is 2. The van der Waals surface area contributed by atoms with Crippen LogP contribution in [0.2, 0.25) is 0 Å². The molecular weight excluding hydrogens is 363 g/mol. The van der Waals surface area contributed by atoms with E-state index in [4.69, 9.17) is 9.05 Å². The maximum Gasteiger partial charge on any atom is 0.361 e. The van der Waals surface area contributed by atoms with Crippen molar-refractivity contribution in [3.05, 3.63) is 45.4 Å². The summed E-state index contributed by atoms with van der Waals surface area (Å²) in [4.78, 5) is 0. The fourth-order valence-corrected chi connectivity index (χ4v) is 6.98. The van der Waals surface area contributed by atoms with E-state index in [1.165, 1.54) is 0 Å². The van der Waals surface area contributed by atoms with Crippen molar-refractivity contribution in [1.82, 2.24) is 0 Å². The molecule has 1 atom stereocenters. The average molecular weight is 391 g/mol. The number of hydrogen-bond acceptors (Lipinski definition) is 6. The minimum Gasteiger partial charge on any atom is -0.383 e. The minimum absolute atomic E-state index is 0.253. The predicted molar refractivity (Wildman–Crippen MR) is 106 cm³/mol. The molecule has 0 aliphatic rings. The van der Waals surface area contributed by atoms with Gasteiger partial charge in [-0.25, -0.2) is 0 Å². The maximum atomic E-state index is 13.4. The second-order valence-corrected chi connectivity index (χ2v) is 9.49. The summed E-state index contributed by atoms with van der Waals surface area (Å²) in [5.41, 5.74) is 0.679. The zero-order valence-electron chi connectivity index (χ0n) is 14.7. The molecule has 0 aliphatic heterocycles. The van der Waals surface area contributed by atoms with Crippen LogP contribution in [0.1, 0.15) is 39.4 Å². The first kappa shape index (κ1) is 21.8. The Hall–Kier alpha value is -0.230. The minimum atomic E-state index is -3.58. The van der Waals surface area contributed by atoms with E-state index in [9.17, 15) is 9.67 Å². The second-order valence-electron chi connectivity index (χ2n) is 4.68. The van der Waals surface area contributed by atoms with Crippen LogP contribution in [0.4, 0.5) is 0 Å². The molecule has 0 amide bonds. The molecular formula is C17H27O4PS2. The molecule has 136 valence electrons. The van der Waals surface area contributed by atoms with E-state index in [2.05, 4.69) is 0 Å². The van der Waals surface area contributed by atoms with Gasteiger partial charge in [0.2, 0.25) is 0 Å². The molecule has 1 aromatic carbocycles. The van der Waals surface area contributed by atoms with Crippen LogP contribution in [0, 0.1) is 0 Å². The maximum absolute atomic E-state index is 13.4. The van der Waals surface area contributed by atoms with E-state index in [1.54, 1.807) is 37.4 Å². The molecule has 4 nitrogen and oxygen atoms in total. The van der Waals surface area contributed by atoms with Crippen LogP contribution in [-0.4, -0.2) is 29.8 Å². The molecule has 0 radical (unpaired) electrons. The van der Waals surface area contributed by atoms with Crippen LogP contribution in [0.5, 0.6) is 0 Å². The Morgan fingerprint density at radius 3 is 1.96 bits per heavy atom. The Morgan fingerprint density at radius 2 is 1.54 bits per heavy atom. The van der Waals surface area contributed by atoms with Gasteiger partial charge < -0.3 is 14.2 Å². The van der Waals surface area contributed by atoms with Gasteiger partial charge in [0, 0.05) is 0 Å². The number of aliphatic hydroxyl groups excluding tert-OH is 1. The van der Waals surface area contributed by atoms with Crippen molar-refractivity contribution >= 4 is 31.1 Å². The molecule has 0 spiro atoms. The number of hydrogen-bond donors (Lipinski definition) is 1. The summed E-state index contributed by atoms with van der Waals surface area (Å²) in [6.07, 6.45) is -1.02. The SMILES string of the molecule is CCOP(=O)(OCC)C(=C(SCC)SCC)C(O)c1ccccc1. The zero-order chi connectivity index (χ0) is 18.0. The standard InChI is InChI=1S/C17H27O4PS2/c1-5-20-22(19,21-6-2)16(17(23-7-3)24-8-4)15(18)14-12-10-9-11-13-14/h9-13,15,18H,5-8H2,1-4H3. The first-order valence-electron chi connectivity index (χ1n) is 8.16. The van der Waals surface area contributed by atoms with E-state index in [0.717, 1.165) is 15.7 Å². The number of benzene rings is 1.